The molecule has 1 N–H and O–H groups in total. The van der Waals surface area contributed by atoms with Crippen LogP contribution in [0.1, 0.15) is 11.1 Å². The summed E-state index contributed by atoms with van der Waals surface area (Å²) in [6.07, 6.45) is -4.60. The van der Waals surface area contributed by atoms with Gasteiger partial charge < -0.3 is 5.21 Å². The molecule has 7 heteroatoms. The molecule has 82 valence electrons. The normalized spacial score (nSPS) is 13.0. The molecular formula is C8H4ClF4NO. The van der Waals surface area contributed by atoms with Crippen molar-refractivity contribution in [3.63, 3.8) is 0 Å². The van der Waals surface area contributed by atoms with Crippen molar-refractivity contribution >= 4 is 16.8 Å². The van der Waals surface area contributed by atoms with Crippen molar-refractivity contribution in [3.8, 4) is 0 Å². The summed E-state index contributed by atoms with van der Waals surface area (Å²) in [5.41, 5.74) is -1.67. The molecule has 1 aromatic carbocycles. The van der Waals surface area contributed by atoms with Crippen molar-refractivity contribution in [1.82, 2.24) is 0 Å². The lowest BCUT2D eigenvalue weighted by atomic mass is 10.1. The number of oxime groups is 1. The van der Waals surface area contributed by atoms with E-state index in [0.29, 0.717) is 18.2 Å². The first-order valence-electron chi connectivity index (χ1n) is 3.61. The number of benzene rings is 1. The van der Waals surface area contributed by atoms with E-state index in [4.69, 9.17) is 16.8 Å². The maximum absolute atomic E-state index is 13.0. The van der Waals surface area contributed by atoms with Crippen LogP contribution in [0.3, 0.4) is 0 Å². The topological polar surface area (TPSA) is 32.6 Å². The fourth-order valence-electron chi connectivity index (χ4n) is 0.914. The van der Waals surface area contributed by atoms with Crippen molar-refractivity contribution in [3.05, 3.63) is 35.1 Å². The zero-order valence-electron chi connectivity index (χ0n) is 7.02. The predicted molar refractivity (Wildman–Crippen MR) is 45.6 cm³/mol. The highest BCUT2D eigenvalue weighted by Crippen LogP contribution is 2.30. The molecule has 0 saturated carbocycles. The van der Waals surface area contributed by atoms with Crippen LogP contribution < -0.4 is 0 Å². The lowest BCUT2D eigenvalue weighted by Gasteiger charge is -2.08. The molecule has 0 radical (unpaired) electrons. The highest BCUT2D eigenvalue weighted by atomic mass is 35.5. The number of alkyl halides is 3. The molecule has 0 amide bonds. The average Bonchev–Trinajstić information content (AvgIpc) is 2.15. The minimum Gasteiger partial charge on any atom is -0.410 e. The van der Waals surface area contributed by atoms with Gasteiger partial charge in [-0.3, -0.25) is 0 Å². The van der Waals surface area contributed by atoms with E-state index in [1.807, 2.05) is 0 Å². The zero-order valence-corrected chi connectivity index (χ0v) is 7.77. The van der Waals surface area contributed by atoms with E-state index in [1.165, 1.54) is 0 Å². The third kappa shape index (κ3) is 2.59. The molecule has 0 atom stereocenters. The van der Waals surface area contributed by atoms with Crippen LogP contribution >= 0.6 is 11.6 Å². The lowest BCUT2D eigenvalue weighted by molar-refractivity contribution is -0.137. The lowest BCUT2D eigenvalue weighted by Crippen LogP contribution is -2.07. The van der Waals surface area contributed by atoms with Crippen molar-refractivity contribution in [2.24, 2.45) is 5.16 Å². The monoisotopic (exact) mass is 241 g/mol. The van der Waals surface area contributed by atoms with E-state index >= 15 is 0 Å². The number of halogens is 5. The molecule has 2 nitrogen and oxygen atoms in total. The van der Waals surface area contributed by atoms with Gasteiger partial charge in [-0.2, -0.15) is 13.2 Å². The van der Waals surface area contributed by atoms with E-state index in [9.17, 15) is 17.6 Å². The van der Waals surface area contributed by atoms with Crippen molar-refractivity contribution in [1.29, 1.82) is 0 Å². The second kappa shape index (κ2) is 4.06. The SMILES string of the molecule is ON=C(Cl)c1cc(C(F)(F)F)ccc1F. The standard InChI is InChI=1S/C8H4ClF4NO/c9-7(14-15)5-3-4(8(11,12)13)1-2-6(5)10/h1-3,15H. The number of nitrogens with zero attached hydrogens (tertiary/aromatic N) is 1. The van der Waals surface area contributed by atoms with Gasteiger partial charge in [0.1, 0.15) is 5.82 Å². The summed E-state index contributed by atoms with van der Waals surface area (Å²) in [4.78, 5) is 0. The summed E-state index contributed by atoms with van der Waals surface area (Å²) < 4.78 is 49.5. The molecule has 0 unspecified atom stereocenters. The Morgan fingerprint density at radius 2 is 1.93 bits per heavy atom. The van der Waals surface area contributed by atoms with E-state index in [1.54, 1.807) is 0 Å². The molecule has 0 aromatic heterocycles. The second-order valence-corrected chi connectivity index (χ2v) is 2.94. The van der Waals surface area contributed by atoms with Gasteiger partial charge >= 0.3 is 6.18 Å². The Kier molecular flexibility index (Phi) is 3.18. The summed E-state index contributed by atoms with van der Waals surface area (Å²) in [7, 11) is 0. The quantitative estimate of drug-likeness (QED) is 0.348. The van der Waals surface area contributed by atoms with Crippen LogP contribution in [0, 0.1) is 5.82 Å². The minimum absolute atomic E-state index is 0.470. The predicted octanol–water partition coefficient (Wildman–Crippen LogP) is 3.22. The molecule has 0 saturated heterocycles. The highest BCUT2D eigenvalue weighted by Gasteiger charge is 2.31. The Balaban J connectivity index is 3.29. The summed E-state index contributed by atoms with van der Waals surface area (Å²) in [5.74, 6) is -0.995. The first-order chi connectivity index (χ1) is 6.86. The number of rotatable bonds is 1. The van der Waals surface area contributed by atoms with Gasteiger partial charge in [0.2, 0.25) is 0 Å². The zero-order chi connectivity index (χ0) is 11.6. The summed E-state index contributed by atoms with van der Waals surface area (Å²) in [6, 6.07) is 1.64. The fourth-order valence-corrected chi connectivity index (χ4v) is 1.06. The Labute approximate surface area is 86.8 Å². The molecule has 1 aromatic rings. The molecular weight excluding hydrogens is 238 g/mol. The minimum atomic E-state index is -4.60. The third-order valence-electron chi connectivity index (χ3n) is 1.60. The Hall–Kier alpha value is -1.30. The first kappa shape index (κ1) is 11.8. The maximum atomic E-state index is 13.0. The van der Waals surface area contributed by atoms with E-state index in [0.717, 1.165) is 0 Å². The Morgan fingerprint density at radius 3 is 2.40 bits per heavy atom. The van der Waals surface area contributed by atoms with E-state index in [-0.39, 0.29) is 0 Å². The fraction of sp³-hybridized carbons (Fsp3) is 0.125. The van der Waals surface area contributed by atoms with Crippen molar-refractivity contribution < 1.29 is 22.8 Å². The molecule has 0 bridgehead atoms. The van der Waals surface area contributed by atoms with Crippen LogP contribution in [-0.4, -0.2) is 10.4 Å². The molecule has 0 fully saturated rings. The Bertz CT molecular complexity index is 402. The number of hydrogen-bond donors (Lipinski definition) is 1. The van der Waals surface area contributed by atoms with E-state index in [2.05, 4.69) is 5.16 Å². The van der Waals surface area contributed by atoms with Gasteiger partial charge in [0.25, 0.3) is 0 Å². The third-order valence-corrected chi connectivity index (χ3v) is 1.88. The highest BCUT2D eigenvalue weighted by molar-refractivity contribution is 6.69. The molecule has 15 heavy (non-hydrogen) atoms. The maximum Gasteiger partial charge on any atom is 0.416 e. The summed E-state index contributed by atoms with van der Waals surface area (Å²) in [6.45, 7) is 0. The van der Waals surface area contributed by atoms with Crippen LogP contribution in [0.5, 0.6) is 0 Å². The first-order valence-corrected chi connectivity index (χ1v) is 3.98. The molecule has 0 heterocycles. The largest absolute Gasteiger partial charge is 0.416 e. The van der Waals surface area contributed by atoms with Crippen LogP contribution in [0.4, 0.5) is 17.6 Å². The number of hydrogen-bond acceptors (Lipinski definition) is 2. The molecule has 0 aliphatic rings. The van der Waals surface area contributed by atoms with Gasteiger partial charge in [0.15, 0.2) is 5.17 Å². The van der Waals surface area contributed by atoms with Crippen LogP contribution in [0.25, 0.3) is 0 Å². The second-order valence-electron chi connectivity index (χ2n) is 2.58. The van der Waals surface area contributed by atoms with Crippen molar-refractivity contribution in [2.75, 3.05) is 0 Å². The van der Waals surface area contributed by atoms with Crippen LogP contribution in [0.15, 0.2) is 23.4 Å². The van der Waals surface area contributed by atoms with Crippen molar-refractivity contribution in [2.45, 2.75) is 6.18 Å². The van der Waals surface area contributed by atoms with Gasteiger partial charge in [-0.05, 0) is 18.2 Å². The molecule has 0 spiro atoms. The van der Waals surface area contributed by atoms with E-state index < -0.39 is 28.3 Å². The smallest absolute Gasteiger partial charge is 0.410 e. The van der Waals surface area contributed by atoms with Gasteiger partial charge in [-0.1, -0.05) is 16.8 Å². The molecule has 1 rings (SSSR count). The summed E-state index contributed by atoms with van der Waals surface area (Å²) in [5, 5.41) is 9.89. The van der Waals surface area contributed by atoms with Gasteiger partial charge in [0, 0.05) is 0 Å². The van der Waals surface area contributed by atoms with Gasteiger partial charge in [-0.15, -0.1) is 0 Å². The Morgan fingerprint density at radius 1 is 1.33 bits per heavy atom. The summed E-state index contributed by atoms with van der Waals surface area (Å²) >= 11 is 5.21. The molecule has 0 aliphatic carbocycles. The van der Waals surface area contributed by atoms with Crippen LogP contribution in [-0.2, 0) is 6.18 Å². The average molecular weight is 242 g/mol. The van der Waals surface area contributed by atoms with Gasteiger partial charge in [0.05, 0.1) is 11.1 Å². The van der Waals surface area contributed by atoms with Gasteiger partial charge in [-0.25, -0.2) is 4.39 Å². The van der Waals surface area contributed by atoms with Crippen LogP contribution in [0.2, 0.25) is 0 Å². The molecule has 0 aliphatic heterocycles.